The molecule has 7 fully saturated rings. The standard InChI is InChI=1S/C26H33F2N3O9/c27-25(28)20(33)18(12-32)37-21(25)31-5-3-19(29-22(31)34)30-23(35)36-17-2-1-4-24(11-17)38-26(40-39-24)15-7-13-6-14(9-15)10-16(26)8-13/h3,5,13-18,20-21,32-33H,1-2,4,6-12H2,(H,29,30,34,35)/t13?,14?,15?,16?,17?,18-,20-,21-,24-,26?/m1/s1. The van der Waals surface area contributed by atoms with Gasteiger partial charge in [0.2, 0.25) is 17.8 Å². The Bertz CT molecular complexity index is 1200. The second-order valence-electron chi connectivity index (χ2n) is 12.3. The Labute approximate surface area is 227 Å². The van der Waals surface area contributed by atoms with Gasteiger partial charge >= 0.3 is 17.7 Å². The average Bonchev–Trinajstić information content (AvgIpc) is 3.37. The van der Waals surface area contributed by atoms with Gasteiger partial charge in [-0.25, -0.2) is 9.59 Å². The molecule has 12 nitrogen and oxygen atoms in total. The van der Waals surface area contributed by atoms with E-state index in [-0.39, 0.29) is 5.82 Å². The van der Waals surface area contributed by atoms with Crippen LogP contribution in [-0.4, -0.2) is 68.3 Å². The van der Waals surface area contributed by atoms with E-state index in [0.29, 0.717) is 42.1 Å². The van der Waals surface area contributed by atoms with Gasteiger partial charge in [-0.2, -0.15) is 23.5 Å². The van der Waals surface area contributed by atoms with E-state index in [1.165, 1.54) is 6.42 Å². The van der Waals surface area contributed by atoms with Gasteiger partial charge in [0.25, 0.3) is 0 Å². The molecule has 2 spiro atoms. The van der Waals surface area contributed by atoms with E-state index in [1.807, 2.05) is 0 Å². The molecular weight excluding hydrogens is 536 g/mol. The zero-order valence-corrected chi connectivity index (χ0v) is 21.7. The molecule has 2 saturated heterocycles. The number of halogens is 2. The number of amides is 1. The summed E-state index contributed by atoms with van der Waals surface area (Å²) in [5.41, 5.74) is -1.14. The fourth-order valence-electron chi connectivity index (χ4n) is 8.09. The molecule has 1 unspecified atom stereocenters. The number of aliphatic hydroxyl groups excluding tert-OH is 2. The highest BCUT2D eigenvalue weighted by atomic mass is 19.3. The number of ether oxygens (including phenoxy) is 3. The van der Waals surface area contributed by atoms with Crippen molar-refractivity contribution in [2.24, 2.45) is 23.7 Å². The molecule has 4 bridgehead atoms. The van der Waals surface area contributed by atoms with E-state index >= 15 is 0 Å². The molecule has 7 aliphatic rings. The van der Waals surface area contributed by atoms with Gasteiger partial charge in [-0.3, -0.25) is 9.88 Å². The number of aliphatic hydroxyl groups is 2. The number of nitrogens with one attached hydrogen (secondary N) is 1. The van der Waals surface area contributed by atoms with Gasteiger partial charge in [0.1, 0.15) is 18.0 Å². The third-order valence-corrected chi connectivity index (χ3v) is 9.71. The van der Waals surface area contributed by atoms with Crippen molar-refractivity contribution in [3.8, 4) is 0 Å². The number of carbonyl (C=O) groups is 1. The van der Waals surface area contributed by atoms with Gasteiger partial charge in [0, 0.05) is 30.9 Å². The monoisotopic (exact) mass is 569 g/mol. The molecule has 5 aliphatic carbocycles. The minimum absolute atomic E-state index is 0.207. The highest BCUT2D eigenvalue weighted by Crippen LogP contribution is 2.63. The molecule has 220 valence electrons. The Kier molecular flexibility index (Phi) is 6.26. The maximum Gasteiger partial charge on any atom is 0.413 e. The lowest BCUT2D eigenvalue weighted by molar-refractivity contribution is -0.390. The molecule has 5 saturated carbocycles. The van der Waals surface area contributed by atoms with E-state index in [0.717, 1.165) is 49.8 Å². The molecule has 0 radical (unpaired) electrons. The van der Waals surface area contributed by atoms with Crippen LogP contribution in [0.5, 0.6) is 0 Å². The molecular formula is C26H33F2N3O9. The van der Waals surface area contributed by atoms with Crippen LogP contribution in [-0.2, 0) is 24.0 Å². The highest BCUT2D eigenvalue weighted by molar-refractivity contribution is 5.83. The van der Waals surface area contributed by atoms with Crippen LogP contribution >= 0.6 is 0 Å². The Balaban J connectivity index is 0.984. The van der Waals surface area contributed by atoms with Gasteiger partial charge in [-0.1, -0.05) is 0 Å². The van der Waals surface area contributed by atoms with Crippen molar-refractivity contribution in [3.05, 3.63) is 22.7 Å². The van der Waals surface area contributed by atoms with E-state index < -0.39 is 60.4 Å². The Morgan fingerprint density at radius 1 is 1.18 bits per heavy atom. The van der Waals surface area contributed by atoms with Crippen LogP contribution in [0, 0.1) is 23.7 Å². The summed E-state index contributed by atoms with van der Waals surface area (Å²) < 4.78 is 46.6. The number of carbonyl (C=O) groups excluding carboxylic acids is 1. The number of hydrogen-bond acceptors (Lipinski definition) is 10. The van der Waals surface area contributed by atoms with Crippen molar-refractivity contribution in [1.29, 1.82) is 0 Å². The van der Waals surface area contributed by atoms with Crippen LogP contribution < -0.4 is 11.0 Å². The summed E-state index contributed by atoms with van der Waals surface area (Å²) >= 11 is 0. The van der Waals surface area contributed by atoms with Gasteiger partial charge in [-0.15, -0.1) is 0 Å². The van der Waals surface area contributed by atoms with Crippen molar-refractivity contribution in [3.63, 3.8) is 0 Å². The lowest BCUT2D eigenvalue weighted by Crippen LogP contribution is -2.59. The Hall–Kier alpha value is -2.23. The molecule has 14 heteroatoms. The predicted octanol–water partition coefficient (Wildman–Crippen LogP) is 2.45. The van der Waals surface area contributed by atoms with E-state index in [2.05, 4.69) is 10.3 Å². The number of anilines is 1. The first-order valence-electron chi connectivity index (χ1n) is 14.1. The second kappa shape index (κ2) is 9.39. The molecule has 5 atom stereocenters. The largest absolute Gasteiger partial charge is 0.446 e. The lowest BCUT2D eigenvalue weighted by Gasteiger charge is -2.57. The summed E-state index contributed by atoms with van der Waals surface area (Å²) in [7, 11) is 0. The van der Waals surface area contributed by atoms with E-state index in [9.17, 15) is 23.5 Å². The van der Waals surface area contributed by atoms with Crippen molar-refractivity contribution >= 4 is 11.9 Å². The minimum Gasteiger partial charge on any atom is -0.446 e. The van der Waals surface area contributed by atoms with Crippen LogP contribution in [0.3, 0.4) is 0 Å². The fourth-order valence-corrected chi connectivity index (χ4v) is 8.09. The van der Waals surface area contributed by atoms with Gasteiger partial charge in [0.15, 0.2) is 6.10 Å². The van der Waals surface area contributed by atoms with Crippen LogP contribution in [0.25, 0.3) is 0 Å². The van der Waals surface area contributed by atoms with Crippen LogP contribution in [0.15, 0.2) is 17.1 Å². The summed E-state index contributed by atoms with van der Waals surface area (Å²) in [6.07, 6.45) is 1.42. The normalized spacial score (nSPS) is 44.9. The number of rotatable bonds is 4. The number of alkyl halides is 2. The molecule has 3 N–H and O–H groups in total. The average molecular weight is 570 g/mol. The molecule has 2 aliphatic heterocycles. The second-order valence-corrected chi connectivity index (χ2v) is 12.3. The maximum absolute atomic E-state index is 14.4. The molecule has 1 amide bonds. The first-order chi connectivity index (χ1) is 19.1. The maximum atomic E-state index is 14.4. The third-order valence-electron chi connectivity index (χ3n) is 9.71. The molecule has 40 heavy (non-hydrogen) atoms. The van der Waals surface area contributed by atoms with Gasteiger partial charge in [0.05, 0.1) is 6.61 Å². The molecule has 1 aromatic heterocycles. The minimum atomic E-state index is -3.84. The Morgan fingerprint density at radius 2 is 1.90 bits per heavy atom. The number of nitrogens with zero attached hydrogens (tertiary/aromatic N) is 2. The first-order valence-corrected chi connectivity index (χ1v) is 14.1. The SMILES string of the molecule is O=C(Nc1ccn([C@@H]2O[C@H](CO)[C@@H](O)C2(F)F)c(=O)n1)OC1CCC[C@]2(C1)OOC1(O2)C2CC3CC(C2)CC1C3. The number of hydrogen-bond donors (Lipinski definition) is 3. The Morgan fingerprint density at radius 3 is 2.55 bits per heavy atom. The molecule has 1 aromatic rings. The topological polar surface area (TPSA) is 151 Å². The summed E-state index contributed by atoms with van der Waals surface area (Å²) in [6, 6.07) is 1.14. The summed E-state index contributed by atoms with van der Waals surface area (Å²) in [5.74, 6) is -3.65. The smallest absolute Gasteiger partial charge is 0.413 e. The summed E-state index contributed by atoms with van der Waals surface area (Å²) in [5, 5.41) is 21.2. The first kappa shape index (κ1) is 26.7. The van der Waals surface area contributed by atoms with Gasteiger partial charge < -0.3 is 24.4 Å². The van der Waals surface area contributed by atoms with Crippen LogP contribution in [0.1, 0.15) is 64.0 Å². The zero-order chi connectivity index (χ0) is 27.9. The number of aromatic nitrogens is 2. The summed E-state index contributed by atoms with van der Waals surface area (Å²) in [4.78, 5) is 40.7. The van der Waals surface area contributed by atoms with Crippen molar-refractivity contribution < 1.29 is 47.8 Å². The lowest BCUT2D eigenvalue weighted by atomic mass is 9.53. The van der Waals surface area contributed by atoms with Crippen molar-refractivity contribution in [2.75, 3.05) is 11.9 Å². The predicted molar refractivity (Wildman–Crippen MR) is 129 cm³/mol. The quantitative estimate of drug-likeness (QED) is 0.462. The highest BCUT2D eigenvalue weighted by Gasteiger charge is 2.67. The van der Waals surface area contributed by atoms with Crippen LogP contribution in [0.4, 0.5) is 19.4 Å². The van der Waals surface area contributed by atoms with E-state index in [1.54, 1.807) is 0 Å². The van der Waals surface area contributed by atoms with Crippen LogP contribution in [0.2, 0.25) is 0 Å². The fraction of sp³-hybridized carbons (Fsp3) is 0.808. The molecule has 0 aromatic carbocycles. The van der Waals surface area contributed by atoms with Crippen molar-refractivity contribution in [2.45, 2.75) is 99.8 Å². The van der Waals surface area contributed by atoms with E-state index in [4.69, 9.17) is 29.1 Å². The zero-order valence-electron chi connectivity index (χ0n) is 21.7. The van der Waals surface area contributed by atoms with Crippen molar-refractivity contribution in [1.82, 2.24) is 9.55 Å². The third kappa shape index (κ3) is 4.18. The molecule has 3 heterocycles. The van der Waals surface area contributed by atoms with Gasteiger partial charge in [-0.05, 0) is 62.8 Å². The summed E-state index contributed by atoms with van der Waals surface area (Å²) in [6.45, 7) is -0.853. The molecule has 8 rings (SSSR count).